The molecule has 0 atom stereocenters. The summed E-state index contributed by atoms with van der Waals surface area (Å²) in [6, 6.07) is 18.4. The molecule has 0 unspecified atom stereocenters. The second kappa shape index (κ2) is 9.72. The maximum absolute atomic E-state index is 12.9. The van der Waals surface area contributed by atoms with Crippen LogP contribution in [0.15, 0.2) is 59.4 Å². The molecule has 2 aromatic carbocycles. The number of hydrogen-bond acceptors (Lipinski definition) is 5. The van der Waals surface area contributed by atoms with Crippen molar-refractivity contribution in [3.63, 3.8) is 0 Å². The van der Waals surface area contributed by atoms with Gasteiger partial charge in [-0.2, -0.15) is 5.26 Å². The molecular weight excluding hydrogens is 398 g/mol. The van der Waals surface area contributed by atoms with E-state index in [1.54, 1.807) is 37.3 Å². The molecule has 0 aliphatic carbocycles. The first-order chi connectivity index (χ1) is 14.6. The molecule has 0 aliphatic rings. The lowest BCUT2D eigenvalue weighted by Gasteiger charge is -2.10. The van der Waals surface area contributed by atoms with E-state index in [2.05, 4.69) is 5.32 Å². The highest BCUT2D eigenvalue weighted by Crippen LogP contribution is 2.24. The van der Waals surface area contributed by atoms with Gasteiger partial charge in [-0.3, -0.25) is 14.2 Å². The van der Waals surface area contributed by atoms with Crippen LogP contribution in [-0.4, -0.2) is 17.1 Å². The number of aromatic nitrogens is 1. The zero-order chi connectivity index (χ0) is 21.5. The topological polar surface area (TPSA) is 84.1 Å². The summed E-state index contributed by atoms with van der Waals surface area (Å²) in [5.74, 6) is -0.0674. The molecule has 0 bridgehead atoms. The molecule has 0 radical (unpaired) electrons. The van der Waals surface area contributed by atoms with Crippen molar-refractivity contribution in [2.75, 3.05) is 11.9 Å². The molecule has 1 heterocycles. The second-order valence-corrected chi connectivity index (χ2v) is 7.28. The predicted octanol–water partition coefficient (Wildman–Crippen LogP) is 2.47. The normalized spacial score (nSPS) is 12.2. The van der Waals surface area contributed by atoms with Crippen molar-refractivity contribution >= 4 is 34.6 Å². The Hall–Kier alpha value is -3.63. The second-order valence-electron chi connectivity index (χ2n) is 6.25. The van der Waals surface area contributed by atoms with Gasteiger partial charge in [0.05, 0.1) is 16.8 Å². The Morgan fingerprint density at radius 3 is 2.53 bits per heavy atom. The van der Waals surface area contributed by atoms with Crippen molar-refractivity contribution in [2.45, 2.75) is 20.4 Å². The Labute approximate surface area is 178 Å². The Bertz CT molecular complexity index is 1270. The molecule has 0 saturated carbocycles. The summed E-state index contributed by atoms with van der Waals surface area (Å²) in [6.45, 7) is 4.45. The van der Waals surface area contributed by atoms with Crippen molar-refractivity contribution in [3.8, 4) is 11.8 Å². The summed E-state index contributed by atoms with van der Waals surface area (Å²) in [5, 5.41) is 12.4. The number of ether oxygens (including phenoxy) is 1. The van der Waals surface area contributed by atoms with E-state index < -0.39 is 5.91 Å². The summed E-state index contributed by atoms with van der Waals surface area (Å²) in [5.41, 5.74) is 1.00. The molecule has 0 saturated heterocycles. The SMILES string of the molecule is CCOc1ccccc1NC(=O)/C(C#N)=c1/s/c(=C\c2ccccc2)c(=O)n1CC. The molecule has 3 aromatic rings. The first-order valence-corrected chi connectivity index (χ1v) is 10.3. The predicted molar refractivity (Wildman–Crippen MR) is 119 cm³/mol. The van der Waals surface area contributed by atoms with Crippen LogP contribution in [0.3, 0.4) is 0 Å². The van der Waals surface area contributed by atoms with Crippen molar-refractivity contribution < 1.29 is 9.53 Å². The van der Waals surface area contributed by atoms with Crippen LogP contribution in [0.5, 0.6) is 5.75 Å². The summed E-state index contributed by atoms with van der Waals surface area (Å²) < 4.78 is 7.78. The fraction of sp³-hybridized carbons (Fsp3) is 0.174. The third-order valence-electron chi connectivity index (χ3n) is 4.31. The van der Waals surface area contributed by atoms with E-state index in [0.717, 1.165) is 16.9 Å². The standard InChI is InChI=1S/C23H21N3O3S/c1-3-26-22(28)20(14-16-10-6-5-7-11-16)30-23(26)17(15-24)21(27)25-18-12-8-9-13-19(18)29-4-2/h5-14H,3-4H2,1-2H3,(H,25,27)/b20-14-,23-17+. The lowest BCUT2D eigenvalue weighted by atomic mass is 10.2. The van der Waals surface area contributed by atoms with Crippen LogP contribution < -0.4 is 24.8 Å². The fourth-order valence-corrected chi connectivity index (χ4v) is 4.09. The fourth-order valence-electron chi connectivity index (χ4n) is 2.92. The van der Waals surface area contributed by atoms with Gasteiger partial charge in [0.2, 0.25) is 0 Å². The van der Waals surface area contributed by atoms with Gasteiger partial charge in [-0.15, -0.1) is 11.3 Å². The van der Waals surface area contributed by atoms with Gasteiger partial charge in [-0.1, -0.05) is 42.5 Å². The Balaban J connectivity index is 2.11. The lowest BCUT2D eigenvalue weighted by molar-refractivity contribution is -0.111. The van der Waals surface area contributed by atoms with Crippen LogP contribution in [0.1, 0.15) is 19.4 Å². The van der Waals surface area contributed by atoms with Crippen LogP contribution in [0.25, 0.3) is 11.6 Å². The van der Waals surface area contributed by atoms with Gasteiger partial charge in [0.25, 0.3) is 11.5 Å². The lowest BCUT2D eigenvalue weighted by Crippen LogP contribution is -2.33. The molecule has 1 aromatic heterocycles. The quantitative estimate of drug-likeness (QED) is 0.665. The Morgan fingerprint density at radius 1 is 1.17 bits per heavy atom. The summed E-state index contributed by atoms with van der Waals surface area (Å²) in [4.78, 5) is 25.7. The van der Waals surface area contributed by atoms with E-state index in [4.69, 9.17) is 4.74 Å². The van der Waals surface area contributed by atoms with Crippen molar-refractivity contribution in [3.05, 3.63) is 79.7 Å². The van der Waals surface area contributed by atoms with E-state index in [9.17, 15) is 14.9 Å². The average molecular weight is 420 g/mol. The molecule has 3 rings (SSSR count). The number of nitriles is 1. The molecule has 0 spiro atoms. The van der Waals surface area contributed by atoms with Gasteiger partial charge in [0.1, 0.15) is 16.5 Å². The average Bonchev–Trinajstić information content (AvgIpc) is 3.06. The highest BCUT2D eigenvalue weighted by Gasteiger charge is 2.17. The number of carbonyl (C=O) groups is 1. The van der Waals surface area contributed by atoms with Gasteiger partial charge in [0, 0.05) is 6.54 Å². The van der Waals surface area contributed by atoms with E-state index >= 15 is 0 Å². The highest BCUT2D eigenvalue weighted by molar-refractivity contribution is 7.07. The van der Waals surface area contributed by atoms with Gasteiger partial charge >= 0.3 is 0 Å². The van der Waals surface area contributed by atoms with Crippen molar-refractivity contribution in [1.29, 1.82) is 5.26 Å². The Morgan fingerprint density at radius 2 is 1.87 bits per heavy atom. The van der Waals surface area contributed by atoms with Gasteiger partial charge in [0.15, 0.2) is 5.57 Å². The van der Waals surface area contributed by atoms with Gasteiger partial charge < -0.3 is 10.1 Å². The molecule has 6 nitrogen and oxygen atoms in total. The number of thiazole rings is 1. The smallest absolute Gasteiger partial charge is 0.269 e. The highest BCUT2D eigenvalue weighted by atomic mass is 32.1. The number of rotatable bonds is 6. The molecule has 0 aliphatic heterocycles. The number of anilines is 1. The molecule has 1 N–H and O–H groups in total. The zero-order valence-corrected chi connectivity index (χ0v) is 17.5. The first-order valence-electron chi connectivity index (χ1n) is 9.53. The third-order valence-corrected chi connectivity index (χ3v) is 5.44. The molecule has 30 heavy (non-hydrogen) atoms. The number of hydrogen-bond donors (Lipinski definition) is 1. The minimum Gasteiger partial charge on any atom is -0.492 e. The molecular formula is C23H21N3O3S. The number of para-hydroxylation sites is 2. The monoisotopic (exact) mass is 419 g/mol. The molecule has 7 heteroatoms. The number of benzene rings is 2. The van der Waals surface area contributed by atoms with Crippen molar-refractivity contribution in [2.24, 2.45) is 0 Å². The van der Waals surface area contributed by atoms with Gasteiger partial charge in [-0.05, 0) is 37.6 Å². The summed E-state index contributed by atoms with van der Waals surface area (Å²) in [6.07, 6.45) is 1.76. The minimum atomic E-state index is -0.584. The number of carbonyl (C=O) groups excluding carboxylic acids is 1. The van der Waals surface area contributed by atoms with Crippen LogP contribution in [-0.2, 0) is 11.3 Å². The number of amides is 1. The number of nitrogens with zero attached hydrogens (tertiary/aromatic N) is 2. The van der Waals surface area contributed by atoms with Crippen LogP contribution in [0.4, 0.5) is 5.69 Å². The van der Waals surface area contributed by atoms with E-state index in [0.29, 0.717) is 33.8 Å². The summed E-state index contributed by atoms with van der Waals surface area (Å²) >= 11 is 1.13. The maximum Gasteiger partial charge on any atom is 0.269 e. The summed E-state index contributed by atoms with van der Waals surface area (Å²) in [7, 11) is 0. The minimum absolute atomic E-state index is 0.113. The molecule has 1 amide bonds. The van der Waals surface area contributed by atoms with Crippen LogP contribution >= 0.6 is 11.3 Å². The third kappa shape index (κ3) is 4.50. The maximum atomic E-state index is 12.9. The largest absolute Gasteiger partial charge is 0.492 e. The van der Waals surface area contributed by atoms with Crippen molar-refractivity contribution in [1.82, 2.24) is 4.57 Å². The molecule has 152 valence electrons. The van der Waals surface area contributed by atoms with Crippen LogP contribution in [0, 0.1) is 11.3 Å². The van der Waals surface area contributed by atoms with Crippen LogP contribution in [0.2, 0.25) is 0 Å². The van der Waals surface area contributed by atoms with E-state index in [1.807, 2.05) is 43.3 Å². The van der Waals surface area contributed by atoms with E-state index in [1.165, 1.54) is 4.57 Å². The molecule has 0 fully saturated rings. The van der Waals surface area contributed by atoms with Gasteiger partial charge in [-0.25, -0.2) is 0 Å². The zero-order valence-electron chi connectivity index (χ0n) is 16.7. The Kier molecular flexibility index (Phi) is 6.83. The number of nitrogens with one attached hydrogen (secondary N) is 1. The first kappa shape index (κ1) is 21.1. The van der Waals surface area contributed by atoms with E-state index in [-0.39, 0.29) is 11.1 Å².